The van der Waals surface area contributed by atoms with Crippen molar-refractivity contribution in [2.75, 3.05) is 0 Å². The van der Waals surface area contributed by atoms with E-state index >= 15 is 0 Å². The molecule has 0 aliphatic carbocycles. The van der Waals surface area contributed by atoms with Crippen molar-refractivity contribution in [2.24, 2.45) is 0 Å². The lowest BCUT2D eigenvalue weighted by atomic mass is 10.2. The number of rotatable bonds is 4. The smallest absolute Gasteiger partial charge is 0.339 e. The molecule has 0 bridgehead atoms. The summed E-state index contributed by atoms with van der Waals surface area (Å²) < 4.78 is 19.0. The first-order valence-electron chi connectivity index (χ1n) is 5.57. The number of hydrogen-bond acceptors (Lipinski definition) is 2. The highest BCUT2D eigenvalue weighted by molar-refractivity contribution is 6.31. The van der Waals surface area contributed by atoms with E-state index in [1.54, 1.807) is 6.07 Å². The van der Waals surface area contributed by atoms with E-state index in [9.17, 15) is 9.18 Å². The summed E-state index contributed by atoms with van der Waals surface area (Å²) in [5.41, 5.74) is 0.156. The number of halogens is 3. The van der Waals surface area contributed by atoms with Gasteiger partial charge in [-0.05, 0) is 24.3 Å². The van der Waals surface area contributed by atoms with Crippen LogP contribution in [-0.4, -0.2) is 11.1 Å². The van der Waals surface area contributed by atoms with Crippen molar-refractivity contribution in [2.45, 2.75) is 6.61 Å². The number of aromatic carboxylic acids is 1. The van der Waals surface area contributed by atoms with Crippen LogP contribution >= 0.6 is 23.2 Å². The maximum Gasteiger partial charge on any atom is 0.339 e. The molecule has 0 aliphatic heterocycles. The SMILES string of the molecule is O=C(O)c1cc(Cl)ccc1OCc1cccc(Cl)c1F. The standard InChI is InChI=1S/C14H9Cl2FO3/c15-9-4-5-12(10(6-9)14(18)19)20-7-8-2-1-3-11(16)13(8)17/h1-6H,7H2,(H,18,19). The second kappa shape index (κ2) is 6.11. The van der Waals surface area contributed by atoms with Gasteiger partial charge in [-0.15, -0.1) is 0 Å². The van der Waals surface area contributed by atoms with Gasteiger partial charge in [-0.1, -0.05) is 35.3 Å². The molecule has 0 saturated heterocycles. The molecule has 1 N–H and O–H groups in total. The molecule has 0 radical (unpaired) electrons. The minimum atomic E-state index is -1.17. The second-order valence-corrected chi connectivity index (χ2v) is 4.79. The van der Waals surface area contributed by atoms with Crippen LogP contribution in [0.25, 0.3) is 0 Å². The molecule has 0 atom stereocenters. The van der Waals surface area contributed by atoms with Crippen LogP contribution in [-0.2, 0) is 6.61 Å². The molecule has 0 amide bonds. The van der Waals surface area contributed by atoms with Crippen molar-refractivity contribution >= 4 is 29.2 Å². The van der Waals surface area contributed by atoms with Crippen LogP contribution < -0.4 is 4.74 Å². The molecule has 0 spiro atoms. The third-order valence-electron chi connectivity index (χ3n) is 2.59. The lowest BCUT2D eigenvalue weighted by Gasteiger charge is -2.10. The van der Waals surface area contributed by atoms with Gasteiger partial charge < -0.3 is 9.84 Å². The number of carbonyl (C=O) groups is 1. The Morgan fingerprint density at radius 1 is 1.25 bits per heavy atom. The van der Waals surface area contributed by atoms with Gasteiger partial charge in [0, 0.05) is 10.6 Å². The van der Waals surface area contributed by atoms with Crippen LogP contribution in [0, 0.1) is 5.82 Å². The molecule has 0 saturated carbocycles. The monoisotopic (exact) mass is 314 g/mol. The molecule has 0 heterocycles. The number of ether oxygens (including phenoxy) is 1. The third kappa shape index (κ3) is 3.21. The summed E-state index contributed by atoms with van der Waals surface area (Å²) in [6.07, 6.45) is 0. The van der Waals surface area contributed by atoms with E-state index in [0.29, 0.717) is 0 Å². The van der Waals surface area contributed by atoms with Gasteiger partial charge in [0.25, 0.3) is 0 Å². The van der Waals surface area contributed by atoms with Crippen molar-refractivity contribution in [3.63, 3.8) is 0 Å². The van der Waals surface area contributed by atoms with Crippen LogP contribution in [0.2, 0.25) is 10.0 Å². The van der Waals surface area contributed by atoms with E-state index in [2.05, 4.69) is 0 Å². The fraction of sp³-hybridized carbons (Fsp3) is 0.0714. The summed E-state index contributed by atoms with van der Waals surface area (Å²) in [5, 5.41) is 9.32. The highest BCUT2D eigenvalue weighted by Crippen LogP contribution is 2.25. The molecule has 2 aromatic carbocycles. The third-order valence-corrected chi connectivity index (χ3v) is 3.11. The number of carboxylic acids is 1. The van der Waals surface area contributed by atoms with Crippen LogP contribution in [0.15, 0.2) is 36.4 Å². The Balaban J connectivity index is 2.23. The molecule has 2 rings (SSSR count). The van der Waals surface area contributed by atoms with Gasteiger partial charge in [0.15, 0.2) is 0 Å². The zero-order chi connectivity index (χ0) is 14.7. The normalized spacial score (nSPS) is 10.3. The maximum absolute atomic E-state index is 13.7. The molecule has 20 heavy (non-hydrogen) atoms. The largest absolute Gasteiger partial charge is 0.488 e. The molecule has 104 valence electrons. The van der Waals surface area contributed by atoms with Crippen LogP contribution in [0.3, 0.4) is 0 Å². The summed E-state index contributed by atoms with van der Waals surface area (Å²) in [6.45, 7) is -0.131. The predicted octanol–water partition coefficient (Wildman–Crippen LogP) is 4.41. The zero-order valence-electron chi connectivity index (χ0n) is 10.1. The molecule has 2 aromatic rings. The summed E-state index contributed by atoms with van der Waals surface area (Å²) in [4.78, 5) is 11.1. The minimum Gasteiger partial charge on any atom is -0.488 e. The van der Waals surface area contributed by atoms with E-state index in [4.69, 9.17) is 33.0 Å². The second-order valence-electron chi connectivity index (χ2n) is 3.95. The first kappa shape index (κ1) is 14.6. The van der Waals surface area contributed by atoms with Gasteiger partial charge in [-0.3, -0.25) is 0 Å². The topological polar surface area (TPSA) is 46.5 Å². The number of carboxylic acid groups (broad SMARTS) is 1. The quantitative estimate of drug-likeness (QED) is 0.909. The van der Waals surface area contributed by atoms with Crippen molar-refractivity contribution in [3.8, 4) is 5.75 Å². The van der Waals surface area contributed by atoms with E-state index in [0.717, 1.165) is 0 Å². The van der Waals surface area contributed by atoms with Gasteiger partial charge >= 0.3 is 5.97 Å². The van der Waals surface area contributed by atoms with Gasteiger partial charge in [0.05, 0.1) is 5.02 Å². The summed E-state index contributed by atoms with van der Waals surface area (Å²) >= 11 is 11.4. The molecule has 0 fully saturated rings. The van der Waals surface area contributed by atoms with Crippen molar-refractivity contribution < 1.29 is 19.0 Å². The summed E-state index contributed by atoms with van der Waals surface area (Å²) in [5.74, 6) is -1.64. The highest BCUT2D eigenvalue weighted by atomic mass is 35.5. The molecular weight excluding hydrogens is 306 g/mol. The molecule has 0 aliphatic rings. The molecule has 0 aromatic heterocycles. The Labute approximate surface area is 124 Å². The van der Waals surface area contributed by atoms with Gasteiger partial charge in [0.1, 0.15) is 23.7 Å². The van der Waals surface area contributed by atoms with E-state index < -0.39 is 11.8 Å². The molecular formula is C14H9Cl2FO3. The fourth-order valence-electron chi connectivity index (χ4n) is 1.61. The maximum atomic E-state index is 13.7. The van der Waals surface area contributed by atoms with E-state index in [-0.39, 0.29) is 33.5 Å². The number of hydrogen-bond donors (Lipinski definition) is 1. The van der Waals surface area contributed by atoms with E-state index in [1.807, 2.05) is 0 Å². The van der Waals surface area contributed by atoms with Crippen LogP contribution in [0.4, 0.5) is 4.39 Å². The summed E-state index contributed by atoms with van der Waals surface area (Å²) in [6, 6.07) is 8.71. The Morgan fingerprint density at radius 2 is 2.00 bits per heavy atom. The Bertz CT molecular complexity index is 659. The number of benzene rings is 2. The van der Waals surface area contributed by atoms with Gasteiger partial charge in [-0.2, -0.15) is 0 Å². The molecule has 0 unspecified atom stereocenters. The first-order chi connectivity index (χ1) is 9.49. The Morgan fingerprint density at radius 3 is 2.70 bits per heavy atom. The van der Waals surface area contributed by atoms with Crippen molar-refractivity contribution in [1.82, 2.24) is 0 Å². The van der Waals surface area contributed by atoms with E-state index in [1.165, 1.54) is 30.3 Å². The molecule has 3 nitrogen and oxygen atoms in total. The van der Waals surface area contributed by atoms with Crippen LogP contribution in [0.1, 0.15) is 15.9 Å². The highest BCUT2D eigenvalue weighted by Gasteiger charge is 2.13. The van der Waals surface area contributed by atoms with Gasteiger partial charge in [0.2, 0.25) is 0 Å². The minimum absolute atomic E-state index is 0.0133. The van der Waals surface area contributed by atoms with Crippen LogP contribution in [0.5, 0.6) is 5.75 Å². The van der Waals surface area contributed by atoms with Crippen molar-refractivity contribution in [1.29, 1.82) is 0 Å². The average molecular weight is 315 g/mol. The lowest BCUT2D eigenvalue weighted by molar-refractivity contribution is 0.0691. The summed E-state index contributed by atoms with van der Waals surface area (Å²) in [7, 11) is 0. The lowest BCUT2D eigenvalue weighted by Crippen LogP contribution is -2.04. The Hall–Kier alpha value is -1.78. The molecule has 6 heteroatoms. The predicted molar refractivity (Wildman–Crippen MR) is 74.2 cm³/mol. The average Bonchev–Trinajstić information content (AvgIpc) is 2.41. The Kier molecular flexibility index (Phi) is 4.47. The zero-order valence-corrected chi connectivity index (χ0v) is 11.6. The first-order valence-corrected chi connectivity index (χ1v) is 6.33. The fourth-order valence-corrected chi connectivity index (χ4v) is 1.98. The van der Waals surface area contributed by atoms with Crippen molar-refractivity contribution in [3.05, 3.63) is 63.4 Å². The van der Waals surface area contributed by atoms with Gasteiger partial charge in [-0.25, -0.2) is 9.18 Å².